The third-order valence-corrected chi connectivity index (χ3v) is 3.95. The van der Waals surface area contributed by atoms with E-state index in [-0.39, 0.29) is 0 Å². The summed E-state index contributed by atoms with van der Waals surface area (Å²) in [5, 5.41) is 0. The highest BCUT2D eigenvalue weighted by Gasteiger charge is 2.08. The molecule has 0 saturated heterocycles. The molecule has 19 heavy (non-hydrogen) atoms. The van der Waals surface area contributed by atoms with E-state index in [2.05, 4.69) is 101 Å². The SMILES string of the molecule is Cc1ccc(-c2ccccc2)n1-c1ccc(I)cc1. The van der Waals surface area contributed by atoms with Crippen LogP contribution in [0.25, 0.3) is 16.9 Å². The van der Waals surface area contributed by atoms with Crippen LogP contribution in [0.2, 0.25) is 0 Å². The van der Waals surface area contributed by atoms with Crippen molar-refractivity contribution in [3.05, 3.63) is 76.0 Å². The lowest BCUT2D eigenvalue weighted by atomic mass is 10.1. The van der Waals surface area contributed by atoms with E-state index >= 15 is 0 Å². The molecule has 0 radical (unpaired) electrons. The Hall–Kier alpha value is -1.55. The van der Waals surface area contributed by atoms with Crippen molar-refractivity contribution in [3.63, 3.8) is 0 Å². The molecule has 2 aromatic carbocycles. The van der Waals surface area contributed by atoms with Gasteiger partial charge in [-0.2, -0.15) is 0 Å². The van der Waals surface area contributed by atoms with E-state index in [4.69, 9.17) is 0 Å². The quantitative estimate of drug-likeness (QED) is 0.564. The Morgan fingerprint density at radius 3 is 2.16 bits per heavy atom. The topological polar surface area (TPSA) is 4.93 Å². The molecule has 0 bridgehead atoms. The Morgan fingerprint density at radius 2 is 1.47 bits per heavy atom. The average molecular weight is 359 g/mol. The molecule has 3 aromatic rings. The number of aryl methyl sites for hydroxylation is 1. The maximum atomic E-state index is 2.33. The zero-order valence-corrected chi connectivity index (χ0v) is 12.8. The summed E-state index contributed by atoms with van der Waals surface area (Å²) in [7, 11) is 0. The summed E-state index contributed by atoms with van der Waals surface area (Å²) in [5.41, 5.74) is 4.94. The number of nitrogens with zero attached hydrogens (tertiary/aromatic N) is 1. The van der Waals surface area contributed by atoms with Gasteiger partial charge in [-0.05, 0) is 71.5 Å². The first-order valence-corrected chi connectivity index (χ1v) is 7.33. The van der Waals surface area contributed by atoms with Crippen molar-refractivity contribution in [2.75, 3.05) is 0 Å². The number of benzene rings is 2. The van der Waals surface area contributed by atoms with Crippen molar-refractivity contribution in [1.29, 1.82) is 0 Å². The number of halogens is 1. The van der Waals surface area contributed by atoms with Gasteiger partial charge in [0.15, 0.2) is 0 Å². The van der Waals surface area contributed by atoms with Crippen LogP contribution in [0.5, 0.6) is 0 Å². The second kappa shape index (κ2) is 5.21. The van der Waals surface area contributed by atoms with Crippen LogP contribution in [0.1, 0.15) is 5.69 Å². The fraction of sp³-hybridized carbons (Fsp3) is 0.0588. The molecular weight excluding hydrogens is 345 g/mol. The van der Waals surface area contributed by atoms with Gasteiger partial charge in [0.1, 0.15) is 0 Å². The molecule has 94 valence electrons. The van der Waals surface area contributed by atoms with Crippen molar-refractivity contribution in [2.24, 2.45) is 0 Å². The fourth-order valence-corrected chi connectivity index (χ4v) is 2.67. The first kappa shape index (κ1) is 12.5. The van der Waals surface area contributed by atoms with Gasteiger partial charge in [-0.1, -0.05) is 30.3 Å². The third kappa shape index (κ3) is 2.45. The zero-order valence-electron chi connectivity index (χ0n) is 10.7. The van der Waals surface area contributed by atoms with Crippen LogP contribution in [-0.2, 0) is 0 Å². The van der Waals surface area contributed by atoms with E-state index < -0.39 is 0 Å². The van der Waals surface area contributed by atoms with Crippen LogP contribution < -0.4 is 0 Å². The summed E-state index contributed by atoms with van der Waals surface area (Å²) >= 11 is 2.33. The summed E-state index contributed by atoms with van der Waals surface area (Å²) in [4.78, 5) is 0. The van der Waals surface area contributed by atoms with Gasteiger partial charge in [-0.15, -0.1) is 0 Å². The lowest BCUT2D eigenvalue weighted by molar-refractivity contribution is 1.02. The van der Waals surface area contributed by atoms with Crippen LogP contribution in [0, 0.1) is 10.5 Å². The van der Waals surface area contributed by atoms with Gasteiger partial charge in [-0.3, -0.25) is 0 Å². The molecule has 1 heterocycles. The van der Waals surface area contributed by atoms with Crippen molar-refractivity contribution in [1.82, 2.24) is 4.57 Å². The van der Waals surface area contributed by atoms with Gasteiger partial charge in [0, 0.05) is 15.0 Å². The minimum atomic E-state index is 1.21. The van der Waals surface area contributed by atoms with Gasteiger partial charge < -0.3 is 4.57 Å². The largest absolute Gasteiger partial charge is 0.314 e. The molecule has 1 aromatic heterocycles. The summed E-state index contributed by atoms with van der Waals surface area (Å²) in [6, 6.07) is 23.5. The minimum Gasteiger partial charge on any atom is -0.314 e. The van der Waals surface area contributed by atoms with Gasteiger partial charge in [0.25, 0.3) is 0 Å². The zero-order chi connectivity index (χ0) is 13.2. The predicted molar refractivity (Wildman–Crippen MR) is 88.7 cm³/mol. The third-order valence-electron chi connectivity index (χ3n) is 3.23. The van der Waals surface area contributed by atoms with Crippen molar-refractivity contribution < 1.29 is 0 Å². The van der Waals surface area contributed by atoms with Gasteiger partial charge in [0.2, 0.25) is 0 Å². The maximum Gasteiger partial charge on any atom is 0.0531 e. The van der Waals surface area contributed by atoms with Crippen molar-refractivity contribution in [3.8, 4) is 16.9 Å². The number of hydrogen-bond acceptors (Lipinski definition) is 0. The van der Waals surface area contributed by atoms with E-state index in [1.807, 2.05) is 0 Å². The van der Waals surface area contributed by atoms with Crippen LogP contribution in [0.4, 0.5) is 0 Å². The highest BCUT2D eigenvalue weighted by molar-refractivity contribution is 14.1. The molecular formula is C17H14IN. The standard InChI is InChI=1S/C17H14IN/c1-13-7-12-17(14-5-3-2-4-6-14)19(13)16-10-8-15(18)9-11-16/h2-12H,1H3. The van der Waals surface area contributed by atoms with E-state index in [1.54, 1.807) is 0 Å². The van der Waals surface area contributed by atoms with E-state index in [0.29, 0.717) is 0 Å². The van der Waals surface area contributed by atoms with E-state index in [1.165, 1.54) is 26.2 Å². The Labute approximate surface area is 127 Å². The molecule has 1 nitrogen and oxygen atoms in total. The summed E-state index contributed by atoms with van der Waals surface area (Å²) in [6.45, 7) is 2.14. The second-order valence-electron chi connectivity index (χ2n) is 4.54. The van der Waals surface area contributed by atoms with Crippen molar-refractivity contribution in [2.45, 2.75) is 6.92 Å². The number of rotatable bonds is 2. The Balaban J connectivity index is 2.17. The lowest BCUT2D eigenvalue weighted by Gasteiger charge is -2.12. The fourth-order valence-electron chi connectivity index (χ4n) is 2.31. The Kier molecular flexibility index (Phi) is 3.42. The van der Waals surface area contributed by atoms with Crippen LogP contribution in [0.3, 0.4) is 0 Å². The van der Waals surface area contributed by atoms with E-state index in [9.17, 15) is 0 Å². The smallest absolute Gasteiger partial charge is 0.0531 e. The molecule has 0 unspecified atom stereocenters. The van der Waals surface area contributed by atoms with Crippen molar-refractivity contribution >= 4 is 22.6 Å². The normalized spacial score (nSPS) is 10.6. The molecule has 3 rings (SSSR count). The number of aromatic nitrogens is 1. The van der Waals surface area contributed by atoms with Gasteiger partial charge >= 0.3 is 0 Å². The first-order valence-electron chi connectivity index (χ1n) is 6.25. The molecule has 0 aliphatic heterocycles. The summed E-state index contributed by atoms with van der Waals surface area (Å²) in [5.74, 6) is 0. The molecule has 0 amide bonds. The highest BCUT2D eigenvalue weighted by atomic mass is 127. The lowest BCUT2D eigenvalue weighted by Crippen LogP contribution is -1.98. The minimum absolute atomic E-state index is 1.21. The first-order chi connectivity index (χ1) is 9.25. The predicted octanol–water partition coefficient (Wildman–Crippen LogP) is 5.06. The Bertz CT molecular complexity index is 681. The molecule has 0 fully saturated rings. The van der Waals surface area contributed by atoms with Gasteiger partial charge in [0.05, 0.1) is 5.69 Å². The molecule has 0 spiro atoms. The molecule has 0 saturated carbocycles. The average Bonchev–Trinajstić information content (AvgIpc) is 2.83. The molecule has 0 aliphatic carbocycles. The Morgan fingerprint density at radius 1 is 0.789 bits per heavy atom. The molecule has 0 aliphatic rings. The second-order valence-corrected chi connectivity index (χ2v) is 5.78. The van der Waals surface area contributed by atoms with Crippen LogP contribution in [-0.4, -0.2) is 4.57 Å². The molecule has 2 heteroatoms. The molecule has 0 N–H and O–H groups in total. The summed E-state index contributed by atoms with van der Waals surface area (Å²) < 4.78 is 3.55. The maximum absolute atomic E-state index is 2.33. The monoisotopic (exact) mass is 359 g/mol. The molecule has 0 atom stereocenters. The summed E-state index contributed by atoms with van der Waals surface area (Å²) in [6.07, 6.45) is 0. The highest BCUT2D eigenvalue weighted by Crippen LogP contribution is 2.26. The van der Waals surface area contributed by atoms with E-state index in [0.717, 1.165) is 0 Å². The number of hydrogen-bond donors (Lipinski definition) is 0. The van der Waals surface area contributed by atoms with Gasteiger partial charge in [-0.25, -0.2) is 0 Å². The van der Waals surface area contributed by atoms with Crippen LogP contribution in [0.15, 0.2) is 66.7 Å². The van der Waals surface area contributed by atoms with Crippen LogP contribution >= 0.6 is 22.6 Å².